The molecule has 10 heteroatoms. The third-order valence-corrected chi connectivity index (χ3v) is 8.47. The SMILES string of the molecule is Cc1ccc2c(=O)n(-c3c(F)cc(CC(=O)CS(=O)(=O)c4ccc(Cl)s4)cc3F)ccc2c1. The van der Waals surface area contributed by atoms with Crippen LogP contribution < -0.4 is 5.56 Å². The molecule has 0 aliphatic carbocycles. The Hall–Kier alpha value is -2.88. The Morgan fingerprint density at radius 2 is 1.76 bits per heavy atom. The molecule has 170 valence electrons. The van der Waals surface area contributed by atoms with E-state index in [1.54, 1.807) is 24.3 Å². The van der Waals surface area contributed by atoms with Gasteiger partial charge in [0, 0.05) is 18.0 Å². The zero-order chi connectivity index (χ0) is 23.9. The van der Waals surface area contributed by atoms with Gasteiger partial charge in [0.2, 0.25) is 0 Å². The minimum atomic E-state index is -3.91. The van der Waals surface area contributed by atoms with Gasteiger partial charge in [0.05, 0.1) is 4.34 Å². The lowest BCUT2D eigenvalue weighted by Crippen LogP contribution is -2.21. The average Bonchev–Trinajstić information content (AvgIpc) is 3.16. The van der Waals surface area contributed by atoms with Gasteiger partial charge in [-0.25, -0.2) is 17.2 Å². The second kappa shape index (κ2) is 8.81. The number of sulfone groups is 1. The summed E-state index contributed by atoms with van der Waals surface area (Å²) in [5.41, 5.74) is -0.257. The maximum atomic E-state index is 14.9. The molecular formula is C23H16ClF2NO4S2. The van der Waals surface area contributed by atoms with E-state index in [0.29, 0.717) is 10.8 Å². The Morgan fingerprint density at radius 3 is 2.39 bits per heavy atom. The van der Waals surface area contributed by atoms with Gasteiger partial charge in [0.15, 0.2) is 27.3 Å². The minimum Gasteiger partial charge on any atom is -0.298 e. The zero-order valence-corrected chi connectivity index (χ0v) is 19.5. The highest BCUT2D eigenvalue weighted by atomic mass is 35.5. The van der Waals surface area contributed by atoms with Crippen molar-refractivity contribution in [3.8, 4) is 5.69 Å². The van der Waals surface area contributed by atoms with E-state index < -0.39 is 50.7 Å². The number of Topliss-reactive ketones (excluding diaryl/α,β-unsaturated/α-hetero) is 1. The third kappa shape index (κ3) is 4.75. The molecule has 0 atom stereocenters. The minimum absolute atomic E-state index is 0.0392. The van der Waals surface area contributed by atoms with E-state index >= 15 is 0 Å². The second-order valence-corrected chi connectivity index (χ2v) is 11.5. The standard InChI is InChI=1S/C23H16ClF2NO4S2/c1-13-2-3-17-15(8-13)6-7-27(23(17)29)22-18(25)10-14(11-19(22)26)9-16(28)12-33(30,31)21-5-4-20(24)32-21/h2-8,10-11H,9,12H2,1H3. The molecule has 0 bridgehead atoms. The summed E-state index contributed by atoms with van der Waals surface area (Å²) < 4.78 is 55.4. The number of halogens is 3. The van der Waals surface area contributed by atoms with Crippen molar-refractivity contribution in [1.82, 2.24) is 4.57 Å². The molecule has 4 aromatic rings. The lowest BCUT2D eigenvalue weighted by atomic mass is 10.1. The number of fused-ring (bicyclic) bond motifs is 1. The Morgan fingerprint density at radius 1 is 1.06 bits per heavy atom. The first-order chi connectivity index (χ1) is 15.5. The fraction of sp³-hybridized carbons (Fsp3) is 0.130. The normalized spacial score (nSPS) is 11.8. The van der Waals surface area contributed by atoms with Gasteiger partial charge in [-0.3, -0.25) is 14.2 Å². The van der Waals surface area contributed by atoms with Crippen LogP contribution in [0, 0.1) is 18.6 Å². The molecule has 2 aromatic carbocycles. The fourth-order valence-electron chi connectivity index (χ4n) is 3.52. The number of benzene rings is 2. The number of nitrogens with zero attached hydrogens (tertiary/aromatic N) is 1. The molecule has 0 unspecified atom stereocenters. The highest BCUT2D eigenvalue weighted by molar-refractivity contribution is 7.94. The van der Waals surface area contributed by atoms with E-state index in [9.17, 15) is 26.8 Å². The van der Waals surface area contributed by atoms with Crippen LogP contribution in [0.3, 0.4) is 0 Å². The first kappa shape index (κ1) is 23.3. The molecule has 5 nitrogen and oxygen atoms in total. The summed E-state index contributed by atoms with van der Waals surface area (Å²) in [4.78, 5) is 25.1. The maximum absolute atomic E-state index is 14.9. The van der Waals surface area contributed by atoms with E-state index in [1.165, 1.54) is 18.3 Å². The van der Waals surface area contributed by atoms with Gasteiger partial charge in [-0.1, -0.05) is 29.3 Å². The van der Waals surface area contributed by atoms with Gasteiger partial charge in [0.1, 0.15) is 15.6 Å². The summed E-state index contributed by atoms with van der Waals surface area (Å²) in [7, 11) is -3.91. The zero-order valence-electron chi connectivity index (χ0n) is 17.1. The van der Waals surface area contributed by atoms with Crippen molar-refractivity contribution in [3.63, 3.8) is 0 Å². The van der Waals surface area contributed by atoms with Gasteiger partial charge in [-0.2, -0.15) is 0 Å². The van der Waals surface area contributed by atoms with Crippen LogP contribution in [0.2, 0.25) is 4.34 Å². The van der Waals surface area contributed by atoms with Crippen molar-refractivity contribution >= 4 is 49.3 Å². The van der Waals surface area contributed by atoms with E-state index in [0.717, 1.165) is 33.6 Å². The van der Waals surface area contributed by atoms with Crippen molar-refractivity contribution in [2.75, 3.05) is 5.75 Å². The quantitative estimate of drug-likeness (QED) is 0.373. The number of aryl methyl sites for hydroxylation is 1. The summed E-state index contributed by atoms with van der Waals surface area (Å²) in [5, 5.41) is 0.951. The molecule has 2 heterocycles. The smallest absolute Gasteiger partial charge is 0.263 e. The lowest BCUT2D eigenvalue weighted by Gasteiger charge is -2.12. The summed E-state index contributed by atoms with van der Waals surface area (Å²) >= 11 is 6.57. The van der Waals surface area contributed by atoms with Gasteiger partial charge >= 0.3 is 0 Å². The molecule has 0 fully saturated rings. The number of pyridine rings is 1. The van der Waals surface area contributed by atoms with Crippen LogP contribution >= 0.6 is 22.9 Å². The van der Waals surface area contributed by atoms with Crippen LogP contribution in [-0.2, 0) is 21.1 Å². The number of hydrogen-bond acceptors (Lipinski definition) is 5. The van der Waals surface area contributed by atoms with Gasteiger partial charge in [-0.05, 0) is 54.3 Å². The van der Waals surface area contributed by atoms with Crippen LogP contribution in [0.1, 0.15) is 11.1 Å². The summed E-state index contributed by atoms with van der Waals surface area (Å²) in [5.74, 6) is -3.64. The Bertz CT molecular complexity index is 1550. The number of thiophene rings is 1. The van der Waals surface area contributed by atoms with Crippen LogP contribution in [0.5, 0.6) is 0 Å². The van der Waals surface area contributed by atoms with Crippen LogP contribution in [0.25, 0.3) is 16.5 Å². The van der Waals surface area contributed by atoms with E-state index in [-0.39, 0.29) is 14.1 Å². The summed E-state index contributed by atoms with van der Waals surface area (Å²) in [6.07, 6.45) is 0.799. The highest BCUT2D eigenvalue weighted by Gasteiger charge is 2.23. The number of hydrogen-bond donors (Lipinski definition) is 0. The van der Waals surface area contributed by atoms with Crippen molar-refractivity contribution < 1.29 is 22.0 Å². The molecular weight excluding hydrogens is 492 g/mol. The molecule has 0 saturated carbocycles. The summed E-state index contributed by atoms with van der Waals surface area (Å²) in [6, 6.07) is 11.3. The maximum Gasteiger partial charge on any atom is 0.263 e. The number of carbonyl (C=O) groups excluding carboxylic acids is 1. The Kier molecular flexibility index (Phi) is 6.22. The second-order valence-electron chi connectivity index (χ2n) is 7.52. The average molecular weight is 508 g/mol. The predicted octanol–water partition coefficient (Wildman–Crippen LogP) is 4.88. The molecule has 33 heavy (non-hydrogen) atoms. The largest absolute Gasteiger partial charge is 0.298 e. The van der Waals surface area contributed by atoms with Crippen molar-refractivity contribution in [2.24, 2.45) is 0 Å². The third-order valence-electron chi connectivity index (χ3n) is 4.98. The Balaban J connectivity index is 1.62. The molecule has 0 saturated heterocycles. The number of ketones is 1. The fourth-order valence-corrected chi connectivity index (χ4v) is 6.33. The predicted molar refractivity (Wildman–Crippen MR) is 124 cm³/mol. The molecule has 2 aromatic heterocycles. The van der Waals surface area contributed by atoms with Crippen molar-refractivity contribution in [2.45, 2.75) is 17.6 Å². The van der Waals surface area contributed by atoms with Gasteiger partial charge in [-0.15, -0.1) is 11.3 Å². The first-order valence-corrected chi connectivity index (χ1v) is 12.5. The van der Waals surface area contributed by atoms with Crippen LogP contribution in [-0.4, -0.2) is 24.5 Å². The molecule has 0 amide bonds. The molecule has 0 aliphatic rings. The molecule has 0 aliphatic heterocycles. The monoisotopic (exact) mass is 507 g/mol. The topological polar surface area (TPSA) is 73.2 Å². The van der Waals surface area contributed by atoms with E-state index in [2.05, 4.69) is 0 Å². The first-order valence-electron chi connectivity index (χ1n) is 9.65. The van der Waals surface area contributed by atoms with E-state index in [1.807, 2.05) is 6.92 Å². The number of rotatable bonds is 6. The Labute approximate surface area is 196 Å². The molecule has 0 radical (unpaired) electrons. The number of carbonyl (C=O) groups is 1. The van der Waals surface area contributed by atoms with Crippen LogP contribution in [0.4, 0.5) is 8.78 Å². The van der Waals surface area contributed by atoms with Crippen LogP contribution in [0.15, 0.2) is 63.7 Å². The number of aromatic nitrogens is 1. The van der Waals surface area contributed by atoms with Gasteiger partial charge in [0.25, 0.3) is 5.56 Å². The molecule has 0 N–H and O–H groups in total. The lowest BCUT2D eigenvalue weighted by molar-refractivity contribution is -0.116. The van der Waals surface area contributed by atoms with Crippen molar-refractivity contribution in [3.05, 3.63) is 92.2 Å². The highest BCUT2D eigenvalue weighted by Crippen LogP contribution is 2.27. The molecule has 0 spiro atoms. The van der Waals surface area contributed by atoms with Gasteiger partial charge < -0.3 is 0 Å². The van der Waals surface area contributed by atoms with Crippen molar-refractivity contribution in [1.29, 1.82) is 0 Å². The summed E-state index contributed by atoms with van der Waals surface area (Å²) in [6.45, 7) is 1.87. The molecule has 4 rings (SSSR count). The van der Waals surface area contributed by atoms with E-state index in [4.69, 9.17) is 11.6 Å².